The lowest BCUT2D eigenvalue weighted by molar-refractivity contribution is -0.141. The minimum atomic E-state index is -4.66. The molecule has 7 nitrogen and oxygen atoms in total. The van der Waals surface area contributed by atoms with Crippen LogP contribution < -0.4 is 5.32 Å². The number of carbonyl (C=O) groups excluding carboxylic acids is 2. The lowest BCUT2D eigenvalue weighted by Gasteiger charge is -2.28. The van der Waals surface area contributed by atoms with Gasteiger partial charge in [-0.3, -0.25) is 14.7 Å². The zero-order chi connectivity index (χ0) is 25.3. The average molecular weight is 486 g/mol. The van der Waals surface area contributed by atoms with E-state index in [-0.39, 0.29) is 36.3 Å². The second-order valence-corrected chi connectivity index (χ2v) is 8.77. The third-order valence-corrected chi connectivity index (χ3v) is 4.88. The lowest BCUT2D eigenvalue weighted by Crippen LogP contribution is -2.50. The number of alkyl halides is 4. The number of hydrogen-bond acceptors (Lipinski definition) is 5. The van der Waals surface area contributed by atoms with Crippen LogP contribution in [0.4, 0.5) is 26.7 Å². The van der Waals surface area contributed by atoms with Crippen LogP contribution in [0.25, 0.3) is 11.3 Å². The molecule has 12 heteroatoms. The number of hydrogen-bond donors (Lipinski definition) is 1. The summed E-state index contributed by atoms with van der Waals surface area (Å²) in [7, 11) is 0. The van der Waals surface area contributed by atoms with Crippen LogP contribution in [-0.4, -0.2) is 51.2 Å². The standard InChI is InChI=1S/C22H23F5N4O3/c1-21(2,3)34-20(33)31-5-4-15(24)18(31)19(32)30-9-12-6-13(8-14(23)7-12)16-10-29-17(11-28-16)22(25,26)27/h6-8,10-11,15,18H,4-5,9H2,1-3H3,(H,30,32)/t15-,18-/m0/s1. The van der Waals surface area contributed by atoms with Gasteiger partial charge in [0.15, 0.2) is 5.69 Å². The van der Waals surface area contributed by atoms with Crippen molar-refractivity contribution in [2.75, 3.05) is 6.54 Å². The summed E-state index contributed by atoms with van der Waals surface area (Å²) in [5, 5.41) is 2.47. The molecule has 1 fully saturated rings. The Hall–Kier alpha value is -3.31. The van der Waals surface area contributed by atoms with Crippen LogP contribution in [0.1, 0.15) is 38.4 Å². The highest BCUT2D eigenvalue weighted by atomic mass is 19.4. The van der Waals surface area contributed by atoms with Crippen molar-refractivity contribution < 1.29 is 36.3 Å². The molecule has 0 spiro atoms. The third-order valence-electron chi connectivity index (χ3n) is 4.88. The van der Waals surface area contributed by atoms with E-state index in [2.05, 4.69) is 15.3 Å². The summed E-state index contributed by atoms with van der Waals surface area (Å²) < 4.78 is 71.8. The monoisotopic (exact) mass is 486 g/mol. The first-order valence-corrected chi connectivity index (χ1v) is 10.3. The number of aromatic nitrogens is 2. The Morgan fingerprint density at radius 3 is 2.44 bits per heavy atom. The Balaban J connectivity index is 1.72. The van der Waals surface area contributed by atoms with Crippen molar-refractivity contribution in [1.29, 1.82) is 0 Å². The second kappa shape index (κ2) is 9.51. The molecule has 1 N–H and O–H groups in total. The van der Waals surface area contributed by atoms with Gasteiger partial charge in [-0.05, 0) is 51.0 Å². The largest absolute Gasteiger partial charge is 0.444 e. The summed E-state index contributed by atoms with van der Waals surface area (Å²) in [6.45, 7) is 4.72. The van der Waals surface area contributed by atoms with Crippen molar-refractivity contribution in [2.24, 2.45) is 0 Å². The SMILES string of the molecule is CC(C)(C)OC(=O)N1CC[C@H](F)[C@H]1C(=O)NCc1cc(F)cc(-c2cnc(C(F)(F)F)cn2)c1. The van der Waals surface area contributed by atoms with E-state index in [9.17, 15) is 31.5 Å². The Labute approximate surface area is 192 Å². The van der Waals surface area contributed by atoms with Gasteiger partial charge in [-0.15, -0.1) is 0 Å². The number of nitrogens with zero attached hydrogens (tertiary/aromatic N) is 3. The van der Waals surface area contributed by atoms with Gasteiger partial charge in [-0.25, -0.2) is 18.6 Å². The summed E-state index contributed by atoms with van der Waals surface area (Å²) in [6, 6.07) is 2.17. The summed E-state index contributed by atoms with van der Waals surface area (Å²) in [5.74, 6) is -1.50. The van der Waals surface area contributed by atoms with Crippen LogP contribution in [0, 0.1) is 5.82 Å². The van der Waals surface area contributed by atoms with E-state index in [0.29, 0.717) is 6.20 Å². The number of rotatable bonds is 4. The molecular formula is C22H23F5N4O3. The van der Waals surface area contributed by atoms with Crippen molar-refractivity contribution >= 4 is 12.0 Å². The van der Waals surface area contributed by atoms with Gasteiger partial charge < -0.3 is 10.1 Å². The molecule has 184 valence electrons. The molecule has 2 aromatic rings. The maximum absolute atomic E-state index is 14.4. The smallest absolute Gasteiger partial charge is 0.434 e. The van der Waals surface area contributed by atoms with Gasteiger partial charge in [-0.2, -0.15) is 13.2 Å². The Morgan fingerprint density at radius 2 is 1.85 bits per heavy atom. The van der Waals surface area contributed by atoms with Crippen molar-refractivity contribution in [3.63, 3.8) is 0 Å². The average Bonchev–Trinajstić information content (AvgIpc) is 3.11. The number of amides is 2. The molecule has 0 bridgehead atoms. The van der Waals surface area contributed by atoms with Gasteiger partial charge in [0, 0.05) is 18.7 Å². The van der Waals surface area contributed by atoms with Crippen LogP contribution in [0.2, 0.25) is 0 Å². The van der Waals surface area contributed by atoms with Crippen LogP contribution >= 0.6 is 0 Å². The number of carbonyl (C=O) groups is 2. The first-order valence-electron chi connectivity index (χ1n) is 10.3. The van der Waals surface area contributed by atoms with Crippen LogP contribution in [-0.2, 0) is 22.3 Å². The molecule has 2 amide bonds. The van der Waals surface area contributed by atoms with Crippen LogP contribution in [0.5, 0.6) is 0 Å². The van der Waals surface area contributed by atoms with Crippen LogP contribution in [0.3, 0.4) is 0 Å². The minimum absolute atomic E-state index is 0.00390. The van der Waals surface area contributed by atoms with Crippen LogP contribution in [0.15, 0.2) is 30.6 Å². The highest BCUT2D eigenvalue weighted by Crippen LogP contribution is 2.28. The molecule has 1 saturated heterocycles. The topological polar surface area (TPSA) is 84.4 Å². The minimum Gasteiger partial charge on any atom is -0.444 e. The highest BCUT2D eigenvalue weighted by molar-refractivity contribution is 5.87. The fourth-order valence-electron chi connectivity index (χ4n) is 3.40. The summed E-state index contributed by atoms with van der Waals surface area (Å²) in [5.41, 5.74) is -1.62. The molecular weight excluding hydrogens is 463 g/mol. The van der Waals surface area contributed by atoms with Crippen molar-refractivity contribution in [1.82, 2.24) is 20.2 Å². The molecule has 2 heterocycles. The van der Waals surface area contributed by atoms with Gasteiger partial charge in [0.05, 0.1) is 18.1 Å². The van der Waals surface area contributed by atoms with Crippen molar-refractivity contribution in [2.45, 2.75) is 57.7 Å². The predicted octanol–water partition coefficient (Wildman–Crippen LogP) is 4.27. The van der Waals surface area contributed by atoms with E-state index in [0.717, 1.165) is 23.2 Å². The summed E-state index contributed by atoms with van der Waals surface area (Å²) in [4.78, 5) is 33.0. The summed E-state index contributed by atoms with van der Waals surface area (Å²) >= 11 is 0. The number of likely N-dealkylation sites (tertiary alicyclic amines) is 1. The van der Waals surface area contributed by atoms with E-state index >= 15 is 0 Å². The first kappa shape index (κ1) is 25.3. The molecule has 34 heavy (non-hydrogen) atoms. The zero-order valence-corrected chi connectivity index (χ0v) is 18.6. The van der Waals surface area contributed by atoms with E-state index < -0.39 is 47.5 Å². The number of benzene rings is 1. The van der Waals surface area contributed by atoms with Gasteiger partial charge >= 0.3 is 12.3 Å². The molecule has 0 aliphatic carbocycles. The Bertz CT molecular complexity index is 1050. The molecule has 1 aromatic heterocycles. The normalized spacial score (nSPS) is 18.6. The van der Waals surface area contributed by atoms with Crippen molar-refractivity contribution in [3.8, 4) is 11.3 Å². The second-order valence-electron chi connectivity index (χ2n) is 8.77. The lowest BCUT2D eigenvalue weighted by atomic mass is 10.1. The van der Waals surface area contributed by atoms with E-state index in [1.54, 1.807) is 20.8 Å². The predicted molar refractivity (Wildman–Crippen MR) is 111 cm³/mol. The van der Waals surface area contributed by atoms with Gasteiger partial charge in [0.1, 0.15) is 23.6 Å². The van der Waals surface area contributed by atoms with E-state index in [1.807, 2.05) is 0 Å². The fourth-order valence-corrected chi connectivity index (χ4v) is 3.40. The first-order chi connectivity index (χ1) is 15.7. The molecule has 1 aromatic carbocycles. The highest BCUT2D eigenvalue weighted by Gasteiger charge is 2.43. The van der Waals surface area contributed by atoms with Gasteiger partial charge in [-0.1, -0.05) is 0 Å². The Morgan fingerprint density at radius 1 is 1.15 bits per heavy atom. The Kier molecular flexibility index (Phi) is 7.08. The molecule has 3 rings (SSSR count). The fraction of sp³-hybridized carbons (Fsp3) is 0.455. The number of nitrogens with one attached hydrogen (secondary N) is 1. The maximum atomic E-state index is 14.4. The molecule has 0 radical (unpaired) electrons. The maximum Gasteiger partial charge on any atom is 0.434 e. The van der Waals surface area contributed by atoms with Gasteiger partial charge in [0.25, 0.3) is 0 Å². The molecule has 1 aliphatic rings. The van der Waals surface area contributed by atoms with Gasteiger partial charge in [0.2, 0.25) is 5.91 Å². The molecule has 1 aliphatic heterocycles. The van der Waals surface area contributed by atoms with E-state index in [4.69, 9.17) is 4.74 Å². The molecule has 0 unspecified atom stereocenters. The van der Waals surface area contributed by atoms with E-state index in [1.165, 1.54) is 6.07 Å². The number of halogens is 5. The summed E-state index contributed by atoms with van der Waals surface area (Å²) in [6.07, 6.45) is -5.71. The molecule has 0 saturated carbocycles. The van der Waals surface area contributed by atoms with Crippen molar-refractivity contribution in [3.05, 3.63) is 47.7 Å². The number of ether oxygens (including phenoxy) is 1. The quantitative estimate of drug-likeness (QED) is 0.653. The third kappa shape index (κ3) is 6.17. The molecule has 2 atom stereocenters. The zero-order valence-electron chi connectivity index (χ0n) is 18.6.